The van der Waals surface area contributed by atoms with Gasteiger partial charge in [-0.25, -0.2) is 4.79 Å². The maximum absolute atomic E-state index is 12.4. The van der Waals surface area contributed by atoms with Crippen LogP contribution in [0.4, 0.5) is 0 Å². The van der Waals surface area contributed by atoms with Crippen molar-refractivity contribution in [2.45, 2.75) is 24.9 Å². The van der Waals surface area contributed by atoms with Crippen molar-refractivity contribution in [3.05, 3.63) is 64.7 Å². The van der Waals surface area contributed by atoms with Crippen molar-refractivity contribution >= 4 is 11.9 Å². The predicted octanol–water partition coefficient (Wildman–Crippen LogP) is 2.44. The number of aliphatic hydroxyl groups is 1. The van der Waals surface area contributed by atoms with E-state index in [-0.39, 0.29) is 12.5 Å². The fraction of sp³-hybridized carbons (Fsp3) is 0.333. The highest BCUT2D eigenvalue weighted by Crippen LogP contribution is 2.36. The number of rotatable bonds is 5. The molecular weight excluding hydrogens is 346 g/mol. The molecule has 27 heavy (non-hydrogen) atoms. The number of amides is 1. The number of hydrogen-bond donors (Lipinski definition) is 2. The molecule has 6 heteroatoms. The number of nitrogens with one attached hydrogen (secondary N) is 1. The second-order valence-electron chi connectivity index (χ2n) is 6.66. The van der Waals surface area contributed by atoms with E-state index < -0.39 is 11.6 Å². The first-order chi connectivity index (χ1) is 13.0. The molecule has 1 atom stereocenters. The maximum atomic E-state index is 12.4. The van der Waals surface area contributed by atoms with Crippen molar-refractivity contribution in [2.24, 2.45) is 0 Å². The van der Waals surface area contributed by atoms with E-state index in [1.165, 1.54) is 19.2 Å². The normalized spacial score (nSPS) is 18.3. The van der Waals surface area contributed by atoms with Crippen molar-refractivity contribution in [2.75, 3.05) is 20.8 Å². The third-order valence-corrected chi connectivity index (χ3v) is 4.96. The Labute approximate surface area is 158 Å². The third kappa shape index (κ3) is 3.95. The monoisotopic (exact) mass is 369 g/mol. The van der Waals surface area contributed by atoms with Gasteiger partial charge in [0.2, 0.25) is 0 Å². The minimum absolute atomic E-state index is 0.115. The Balaban J connectivity index is 1.71. The van der Waals surface area contributed by atoms with Crippen LogP contribution in [0.5, 0.6) is 5.75 Å². The van der Waals surface area contributed by atoms with Gasteiger partial charge in [0, 0.05) is 5.56 Å². The lowest BCUT2D eigenvalue weighted by molar-refractivity contribution is 0.0189. The van der Waals surface area contributed by atoms with E-state index in [9.17, 15) is 14.7 Å². The van der Waals surface area contributed by atoms with Gasteiger partial charge >= 0.3 is 5.97 Å². The number of carbonyl (C=O) groups excluding carboxylic acids is 2. The number of benzene rings is 2. The molecule has 6 nitrogen and oxygen atoms in total. The highest BCUT2D eigenvalue weighted by atomic mass is 16.5. The quantitative estimate of drug-likeness (QED) is 0.791. The number of esters is 1. The Kier molecular flexibility index (Phi) is 5.46. The molecule has 142 valence electrons. The number of ether oxygens (including phenoxy) is 2. The van der Waals surface area contributed by atoms with Crippen LogP contribution < -0.4 is 10.1 Å². The van der Waals surface area contributed by atoms with Crippen molar-refractivity contribution in [1.29, 1.82) is 0 Å². The number of carbonyl (C=O) groups is 2. The topological polar surface area (TPSA) is 84.9 Å². The molecule has 1 amide bonds. The summed E-state index contributed by atoms with van der Waals surface area (Å²) in [5.74, 6) is -0.00119. The van der Waals surface area contributed by atoms with Crippen molar-refractivity contribution in [1.82, 2.24) is 5.32 Å². The van der Waals surface area contributed by atoms with E-state index in [4.69, 9.17) is 4.74 Å². The smallest absolute Gasteiger partial charge is 0.337 e. The molecule has 0 saturated carbocycles. The molecule has 0 aromatic heterocycles. The van der Waals surface area contributed by atoms with Crippen LogP contribution in [-0.2, 0) is 16.8 Å². The first-order valence-corrected chi connectivity index (χ1v) is 8.83. The lowest BCUT2D eigenvalue weighted by Gasteiger charge is -2.35. The van der Waals surface area contributed by atoms with E-state index in [1.54, 1.807) is 19.2 Å². The summed E-state index contributed by atoms with van der Waals surface area (Å²) in [7, 11) is 2.92. The minimum atomic E-state index is -1.11. The molecule has 3 rings (SSSR count). The van der Waals surface area contributed by atoms with E-state index in [0.717, 1.165) is 29.7 Å². The maximum Gasteiger partial charge on any atom is 0.337 e. The minimum Gasteiger partial charge on any atom is -0.497 e. The standard InChI is InChI=1S/C21H23NO5/c1-26-17-9-10-18-16(12-17)4-3-11-21(18,25)13-22-19(23)14-5-7-15(8-6-14)20(24)27-2/h5-10,12,25H,3-4,11,13H2,1-2H3,(H,22,23). The zero-order valence-electron chi connectivity index (χ0n) is 15.5. The molecule has 2 N–H and O–H groups in total. The Morgan fingerprint density at radius 2 is 1.81 bits per heavy atom. The fourth-order valence-corrected chi connectivity index (χ4v) is 3.45. The molecule has 0 saturated heterocycles. The summed E-state index contributed by atoms with van der Waals surface area (Å²) in [5, 5.41) is 13.9. The lowest BCUT2D eigenvalue weighted by Crippen LogP contribution is -2.43. The summed E-state index contributed by atoms with van der Waals surface area (Å²) in [5.41, 5.74) is 1.55. The molecule has 0 bridgehead atoms. The zero-order valence-corrected chi connectivity index (χ0v) is 15.5. The summed E-state index contributed by atoms with van der Waals surface area (Å²) in [6, 6.07) is 11.8. The van der Waals surface area contributed by atoms with Gasteiger partial charge in [-0.05, 0) is 66.8 Å². The van der Waals surface area contributed by atoms with Gasteiger partial charge in [-0.15, -0.1) is 0 Å². The molecule has 1 unspecified atom stereocenters. The SMILES string of the molecule is COC(=O)c1ccc(C(=O)NCC2(O)CCCc3cc(OC)ccc32)cc1. The van der Waals surface area contributed by atoms with E-state index in [0.29, 0.717) is 17.5 Å². The molecule has 2 aromatic carbocycles. The number of aryl methyl sites for hydroxylation is 1. The first-order valence-electron chi connectivity index (χ1n) is 8.83. The average molecular weight is 369 g/mol. The Hall–Kier alpha value is -2.86. The molecular formula is C21H23NO5. The van der Waals surface area contributed by atoms with E-state index >= 15 is 0 Å². The zero-order chi connectivity index (χ0) is 19.4. The molecule has 0 spiro atoms. The molecule has 1 aliphatic rings. The largest absolute Gasteiger partial charge is 0.497 e. The Morgan fingerprint density at radius 1 is 1.11 bits per heavy atom. The summed E-state index contributed by atoms with van der Waals surface area (Å²) < 4.78 is 9.90. The molecule has 1 aliphatic carbocycles. The van der Waals surface area contributed by atoms with Crippen LogP contribution in [0, 0.1) is 0 Å². The number of hydrogen-bond acceptors (Lipinski definition) is 5. The van der Waals surface area contributed by atoms with Gasteiger partial charge in [-0.2, -0.15) is 0 Å². The number of methoxy groups -OCH3 is 2. The first kappa shape index (κ1) is 18.9. The van der Waals surface area contributed by atoms with E-state index in [2.05, 4.69) is 10.1 Å². The second-order valence-corrected chi connectivity index (χ2v) is 6.66. The van der Waals surface area contributed by atoms with Crippen LogP contribution in [0.2, 0.25) is 0 Å². The van der Waals surface area contributed by atoms with Gasteiger partial charge in [0.1, 0.15) is 11.4 Å². The van der Waals surface area contributed by atoms with Crippen LogP contribution in [0.3, 0.4) is 0 Å². The van der Waals surface area contributed by atoms with Crippen LogP contribution in [0.1, 0.15) is 44.7 Å². The summed E-state index contributed by atoms with van der Waals surface area (Å²) >= 11 is 0. The second kappa shape index (κ2) is 7.80. The molecule has 0 radical (unpaired) electrons. The third-order valence-electron chi connectivity index (χ3n) is 4.96. The Morgan fingerprint density at radius 3 is 2.48 bits per heavy atom. The summed E-state index contributed by atoms with van der Waals surface area (Å²) in [6.07, 6.45) is 2.28. The van der Waals surface area contributed by atoms with Gasteiger partial charge in [-0.3, -0.25) is 4.79 Å². The molecule has 0 fully saturated rings. The molecule has 2 aromatic rings. The Bertz CT molecular complexity index is 846. The van der Waals surface area contributed by atoms with Gasteiger partial charge in [0.05, 0.1) is 26.3 Å². The fourth-order valence-electron chi connectivity index (χ4n) is 3.45. The molecule has 0 heterocycles. The average Bonchev–Trinajstić information content (AvgIpc) is 2.71. The van der Waals surface area contributed by atoms with E-state index in [1.807, 2.05) is 18.2 Å². The lowest BCUT2D eigenvalue weighted by atomic mass is 9.79. The van der Waals surface area contributed by atoms with Crippen molar-refractivity contribution in [3.63, 3.8) is 0 Å². The highest BCUT2D eigenvalue weighted by Gasteiger charge is 2.35. The van der Waals surface area contributed by atoms with Gasteiger partial charge in [-0.1, -0.05) is 6.07 Å². The summed E-state index contributed by atoms with van der Waals surface area (Å²) in [6.45, 7) is 0.115. The van der Waals surface area contributed by atoms with Crippen LogP contribution in [0.25, 0.3) is 0 Å². The predicted molar refractivity (Wildman–Crippen MR) is 99.9 cm³/mol. The van der Waals surface area contributed by atoms with Gasteiger partial charge in [0.25, 0.3) is 5.91 Å². The highest BCUT2D eigenvalue weighted by molar-refractivity contribution is 5.96. The van der Waals surface area contributed by atoms with Gasteiger partial charge < -0.3 is 19.9 Å². The summed E-state index contributed by atoms with van der Waals surface area (Å²) in [4.78, 5) is 23.9. The van der Waals surface area contributed by atoms with Gasteiger partial charge in [0.15, 0.2) is 0 Å². The van der Waals surface area contributed by atoms with Crippen molar-refractivity contribution < 1.29 is 24.2 Å². The van der Waals surface area contributed by atoms with Crippen LogP contribution >= 0.6 is 0 Å². The molecule has 0 aliphatic heterocycles. The van der Waals surface area contributed by atoms with Crippen LogP contribution in [0.15, 0.2) is 42.5 Å². The van der Waals surface area contributed by atoms with Crippen LogP contribution in [-0.4, -0.2) is 37.7 Å². The number of fused-ring (bicyclic) bond motifs is 1. The van der Waals surface area contributed by atoms with Crippen molar-refractivity contribution in [3.8, 4) is 5.75 Å².